The number of β-amino-alcohol motifs (C(OH)–C–C–N with tert-alkyl or cyclic N) is 1. The number of aromatic nitrogens is 4. The zero-order valence-corrected chi connectivity index (χ0v) is 10.7. The normalized spacial score (nSPS) is 20.3. The minimum absolute atomic E-state index is 0.243. The summed E-state index contributed by atoms with van der Waals surface area (Å²) in [5.41, 5.74) is 3.33. The highest BCUT2D eigenvalue weighted by molar-refractivity contribution is 5.86. The fraction of sp³-hybridized carbons (Fsp3) is 0.545. The van der Waals surface area contributed by atoms with Crippen molar-refractivity contribution in [2.24, 2.45) is 12.9 Å². The van der Waals surface area contributed by atoms with E-state index in [4.69, 9.17) is 5.84 Å². The number of likely N-dealkylation sites (tertiary alicyclic amines) is 1. The van der Waals surface area contributed by atoms with Gasteiger partial charge < -0.3 is 10.5 Å². The van der Waals surface area contributed by atoms with Gasteiger partial charge in [0.2, 0.25) is 0 Å². The number of aliphatic hydroxyl groups excluding tert-OH is 1. The van der Waals surface area contributed by atoms with Crippen molar-refractivity contribution < 1.29 is 5.11 Å². The number of fused-ring (bicyclic) bond motifs is 1. The zero-order valence-electron chi connectivity index (χ0n) is 10.7. The number of aryl methyl sites for hydroxylation is 1. The predicted molar refractivity (Wildman–Crippen MR) is 70.0 cm³/mol. The van der Waals surface area contributed by atoms with Crippen molar-refractivity contribution in [1.29, 1.82) is 0 Å². The lowest BCUT2D eigenvalue weighted by Crippen LogP contribution is -2.23. The standard InChI is InChI=1S/C11H17N7O/c1-17-11-8(4-13-17)10(16-12)14-9(15-11)6-18-3-2-7(19)5-18/h4,7,19H,2-3,5-6,12H2,1H3,(H,14,15,16). The highest BCUT2D eigenvalue weighted by atomic mass is 16.3. The molecule has 1 atom stereocenters. The number of hydrogen-bond acceptors (Lipinski definition) is 7. The van der Waals surface area contributed by atoms with Crippen LogP contribution in [0, 0.1) is 0 Å². The second kappa shape index (κ2) is 4.72. The molecule has 1 unspecified atom stereocenters. The average Bonchev–Trinajstić information content (AvgIpc) is 2.96. The Balaban J connectivity index is 1.92. The van der Waals surface area contributed by atoms with Gasteiger partial charge in [0.25, 0.3) is 0 Å². The van der Waals surface area contributed by atoms with Gasteiger partial charge in [0.05, 0.1) is 24.2 Å². The van der Waals surface area contributed by atoms with E-state index < -0.39 is 0 Å². The van der Waals surface area contributed by atoms with E-state index in [0.29, 0.717) is 24.7 Å². The molecule has 3 rings (SSSR count). The summed E-state index contributed by atoms with van der Waals surface area (Å²) >= 11 is 0. The molecule has 0 saturated carbocycles. The van der Waals surface area contributed by atoms with E-state index in [2.05, 4.69) is 25.4 Å². The molecule has 1 saturated heterocycles. The first-order valence-electron chi connectivity index (χ1n) is 6.23. The van der Waals surface area contributed by atoms with Crippen molar-refractivity contribution in [3.63, 3.8) is 0 Å². The van der Waals surface area contributed by atoms with Gasteiger partial charge in [-0.3, -0.25) is 9.58 Å². The average molecular weight is 263 g/mol. The van der Waals surface area contributed by atoms with Crippen LogP contribution in [0.3, 0.4) is 0 Å². The first-order chi connectivity index (χ1) is 9.17. The Morgan fingerprint density at radius 2 is 2.37 bits per heavy atom. The Kier molecular flexibility index (Phi) is 3.05. The fourth-order valence-electron chi connectivity index (χ4n) is 2.40. The lowest BCUT2D eigenvalue weighted by atomic mass is 10.3. The van der Waals surface area contributed by atoms with Crippen molar-refractivity contribution in [2.45, 2.75) is 19.1 Å². The maximum atomic E-state index is 9.53. The van der Waals surface area contributed by atoms with Gasteiger partial charge in [0.15, 0.2) is 11.5 Å². The molecule has 1 fully saturated rings. The molecule has 19 heavy (non-hydrogen) atoms. The monoisotopic (exact) mass is 263 g/mol. The van der Waals surface area contributed by atoms with Crippen molar-refractivity contribution in [3.05, 3.63) is 12.0 Å². The first kappa shape index (κ1) is 12.3. The molecule has 0 aromatic carbocycles. The molecule has 1 aliphatic heterocycles. The van der Waals surface area contributed by atoms with Gasteiger partial charge >= 0.3 is 0 Å². The Bertz CT molecular complexity index is 596. The van der Waals surface area contributed by atoms with Crippen LogP contribution in [0.15, 0.2) is 6.20 Å². The van der Waals surface area contributed by atoms with E-state index >= 15 is 0 Å². The largest absolute Gasteiger partial charge is 0.392 e. The molecule has 0 amide bonds. The molecule has 0 spiro atoms. The zero-order chi connectivity index (χ0) is 13.4. The SMILES string of the molecule is Cn1ncc2c(NN)nc(CN3CCC(O)C3)nc21. The van der Waals surface area contributed by atoms with Gasteiger partial charge in [0.1, 0.15) is 5.82 Å². The van der Waals surface area contributed by atoms with E-state index in [9.17, 15) is 5.11 Å². The molecule has 8 nitrogen and oxygen atoms in total. The summed E-state index contributed by atoms with van der Waals surface area (Å²) in [5, 5.41) is 14.5. The topological polar surface area (TPSA) is 105 Å². The van der Waals surface area contributed by atoms with E-state index in [1.165, 1.54) is 0 Å². The number of hydrazine groups is 1. The maximum absolute atomic E-state index is 9.53. The quantitative estimate of drug-likeness (QED) is 0.492. The third-order valence-corrected chi connectivity index (χ3v) is 3.39. The van der Waals surface area contributed by atoms with Crippen LogP contribution in [0.5, 0.6) is 0 Å². The Labute approximate surface area is 110 Å². The van der Waals surface area contributed by atoms with E-state index in [1.54, 1.807) is 10.9 Å². The second-order valence-electron chi connectivity index (χ2n) is 4.82. The molecule has 0 radical (unpaired) electrons. The number of nitrogens with zero attached hydrogens (tertiary/aromatic N) is 5. The van der Waals surface area contributed by atoms with Crippen molar-refractivity contribution in [2.75, 3.05) is 18.5 Å². The highest BCUT2D eigenvalue weighted by Gasteiger charge is 2.21. The molecule has 3 heterocycles. The molecular formula is C11H17N7O. The summed E-state index contributed by atoms with van der Waals surface area (Å²) in [4.78, 5) is 11.0. The van der Waals surface area contributed by atoms with E-state index in [1.807, 2.05) is 7.05 Å². The molecule has 102 valence electrons. The van der Waals surface area contributed by atoms with Gasteiger partial charge in [-0.2, -0.15) is 5.10 Å². The van der Waals surface area contributed by atoms with Crippen molar-refractivity contribution in [1.82, 2.24) is 24.6 Å². The summed E-state index contributed by atoms with van der Waals surface area (Å²) < 4.78 is 1.69. The molecule has 1 aliphatic rings. The molecule has 0 aliphatic carbocycles. The van der Waals surface area contributed by atoms with Crippen molar-refractivity contribution >= 4 is 16.9 Å². The molecular weight excluding hydrogens is 246 g/mol. The van der Waals surface area contributed by atoms with Crippen LogP contribution in [-0.2, 0) is 13.6 Å². The Morgan fingerprint density at radius 3 is 3.05 bits per heavy atom. The smallest absolute Gasteiger partial charge is 0.163 e. The molecule has 4 N–H and O–H groups in total. The highest BCUT2D eigenvalue weighted by Crippen LogP contribution is 2.20. The number of rotatable bonds is 3. The van der Waals surface area contributed by atoms with Crippen molar-refractivity contribution in [3.8, 4) is 0 Å². The number of nitrogen functional groups attached to an aromatic ring is 1. The van der Waals surface area contributed by atoms with Crippen LogP contribution >= 0.6 is 0 Å². The van der Waals surface area contributed by atoms with E-state index in [0.717, 1.165) is 24.0 Å². The molecule has 0 bridgehead atoms. The summed E-state index contributed by atoms with van der Waals surface area (Å²) in [6, 6.07) is 0. The summed E-state index contributed by atoms with van der Waals surface area (Å²) in [6.45, 7) is 2.13. The lowest BCUT2D eigenvalue weighted by Gasteiger charge is -2.14. The van der Waals surface area contributed by atoms with Gasteiger partial charge in [-0.25, -0.2) is 15.8 Å². The van der Waals surface area contributed by atoms with Crippen LogP contribution in [-0.4, -0.2) is 48.9 Å². The number of nitrogens with one attached hydrogen (secondary N) is 1. The first-order valence-corrected chi connectivity index (χ1v) is 6.23. The third-order valence-electron chi connectivity index (χ3n) is 3.39. The second-order valence-corrected chi connectivity index (χ2v) is 4.82. The number of hydrogen-bond donors (Lipinski definition) is 3. The molecule has 2 aromatic heterocycles. The van der Waals surface area contributed by atoms with Crippen LogP contribution in [0.4, 0.5) is 5.82 Å². The van der Waals surface area contributed by atoms with Gasteiger partial charge in [-0.1, -0.05) is 0 Å². The minimum atomic E-state index is -0.243. The number of aliphatic hydroxyl groups is 1. The Morgan fingerprint density at radius 1 is 1.53 bits per heavy atom. The predicted octanol–water partition coefficient (Wildman–Crippen LogP) is -0.784. The van der Waals surface area contributed by atoms with E-state index in [-0.39, 0.29) is 6.10 Å². The summed E-state index contributed by atoms with van der Waals surface area (Å²) in [5.74, 6) is 6.75. The number of nitrogens with two attached hydrogens (primary N) is 1. The summed E-state index contributed by atoms with van der Waals surface area (Å²) in [7, 11) is 1.83. The van der Waals surface area contributed by atoms with Gasteiger partial charge in [-0.15, -0.1) is 0 Å². The van der Waals surface area contributed by atoms with Crippen LogP contribution in [0.2, 0.25) is 0 Å². The maximum Gasteiger partial charge on any atom is 0.163 e. The van der Waals surface area contributed by atoms with Crippen LogP contribution < -0.4 is 11.3 Å². The summed E-state index contributed by atoms with van der Waals surface area (Å²) in [6.07, 6.45) is 2.25. The van der Waals surface area contributed by atoms with Crippen LogP contribution in [0.1, 0.15) is 12.2 Å². The van der Waals surface area contributed by atoms with Gasteiger partial charge in [-0.05, 0) is 6.42 Å². The molecule has 2 aromatic rings. The lowest BCUT2D eigenvalue weighted by molar-refractivity contribution is 0.174. The fourth-order valence-corrected chi connectivity index (χ4v) is 2.40. The third kappa shape index (κ3) is 2.25. The number of anilines is 1. The van der Waals surface area contributed by atoms with Gasteiger partial charge in [0, 0.05) is 20.1 Å². The Hall–Kier alpha value is -1.77. The molecule has 8 heteroatoms. The minimum Gasteiger partial charge on any atom is -0.392 e. The van der Waals surface area contributed by atoms with Crippen LogP contribution in [0.25, 0.3) is 11.0 Å².